The molecule has 0 bridgehead atoms. The molecule has 0 amide bonds. The molecule has 0 atom stereocenters. The normalized spacial score (nSPS) is 32.0. The summed E-state index contributed by atoms with van der Waals surface area (Å²) in [6.45, 7) is -3.60. The lowest BCUT2D eigenvalue weighted by molar-refractivity contribution is 0.667. The predicted molar refractivity (Wildman–Crippen MR) is 67.6 cm³/mol. The first-order chi connectivity index (χ1) is 11.2. The van der Waals surface area contributed by atoms with Gasteiger partial charge in [-0.15, -0.1) is 11.3 Å². The van der Waals surface area contributed by atoms with E-state index in [-0.39, 0.29) is 9.35 Å². The maximum Gasteiger partial charge on any atom is 0.0742 e. The van der Waals surface area contributed by atoms with Crippen LogP contribution in [0.5, 0.6) is 0 Å². The standard InChI is InChI=1S/C10H14Br2S/c1-2-3-4-5-6-8-7-9(11)13-10(8)12/h7H,2-6H2,1H3/i1D3,2D2,3D2,4D2,5D2,6D2. The molecule has 0 radical (unpaired) electrons. The molecule has 3 heteroatoms. The molecule has 1 heterocycles. The molecule has 0 aliphatic carbocycles. The van der Waals surface area contributed by atoms with Crippen LogP contribution >= 0.6 is 43.2 Å². The van der Waals surface area contributed by atoms with Gasteiger partial charge in [0.2, 0.25) is 0 Å². The summed E-state index contributed by atoms with van der Waals surface area (Å²) in [4.78, 5) is 0. The number of thiophene rings is 1. The average Bonchev–Trinajstić information content (AvgIpc) is 2.76. The van der Waals surface area contributed by atoms with Gasteiger partial charge in [-0.1, -0.05) is 26.0 Å². The highest BCUT2D eigenvalue weighted by atomic mass is 79.9. The van der Waals surface area contributed by atoms with Gasteiger partial charge >= 0.3 is 0 Å². The van der Waals surface area contributed by atoms with Crippen LogP contribution in [0.1, 0.15) is 55.7 Å². The second-order valence-electron chi connectivity index (χ2n) is 1.86. The number of rotatable bonds is 5. The fourth-order valence-electron chi connectivity index (χ4n) is 0.587. The Morgan fingerprint density at radius 2 is 2.31 bits per heavy atom. The number of halogens is 2. The van der Waals surface area contributed by atoms with Gasteiger partial charge in [0.1, 0.15) is 0 Å². The first-order valence-electron chi connectivity index (χ1n) is 9.61. The lowest BCUT2D eigenvalue weighted by Gasteiger charge is -1.98. The van der Waals surface area contributed by atoms with Gasteiger partial charge < -0.3 is 0 Å². The van der Waals surface area contributed by atoms with E-state index < -0.39 is 38.7 Å². The summed E-state index contributed by atoms with van der Waals surface area (Å²) in [5.41, 5.74) is -0.312. The fourth-order valence-corrected chi connectivity index (χ4v) is 3.26. The van der Waals surface area contributed by atoms with Crippen molar-refractivity contribution >= 4 is 43.2 Å². The SMILES string of the molecule is [2H]C([2H])([2H])C([2H])([2H])C([2H])([2H])C([2H])([2H])C([2H])([2H])C([2H])([2H])c1cc(Br)sc1Br. The van der Waals surface area contributed by atoms with Crippen molar-refractivity contribution in [2.75, 3.05) is 0 Å². The summed E-state index contributed by atoms with van der Waals surface area (Å²) in [7, 11) is 0. The predicted octanol–water partition coefficient (Wildman–Crippen LogP) is 5.40. The monoisotopic (exact) mass is 337 g/mol. The summed E-state index contributed by atoms with van der Waals surface area (Å²) in [5, 5.41) is 0. The molecule has 1 aromatic rings. The van der Waals surface area contributed by atoms with Crippen LogP contribution in [0.4, 0.5) is 0 Å². The lowest BCUT2D eigenvalue weighted by Crippen LogP contribution is -1.83. The molecule has 13 heavy (non-hydrogen) atoms. The molecule has 0 aliphatic heterocycles. The molecule has 0 fully saturated rings. The van der Waals surface area contributed by atoms with Gasteiger partial charge in [0.05, 0.1) is 7.57 Å². The van der Waals surface area contributed by atoms with Crippen molar-refractivity contribution < 1.29 is 17.8 Å². The Kier molecular flexibility index (Phi) is 1.47. The number of hydrogen-bond donors (Lipinski definition) is 0. The van der Waals surface area contributed by atoms with Crippen LogP contribution in [0.15, 0.2) is 13.6 Å². The Morgan fingerprint density at radius 1 is 1.46 bits per heavy atom. The topological polar surface area (TPSA) is 0 Å². The van der Waals surface area contributed by atoms with Crippen LogP contribution < -0.4 is 0 Å². The summed E-state index contributed by atoms with van der Waals surface area (Å²) >= 11 is 7.11. The van der Waals surface area contributed by atoms with E-state index in [0.717, 1.165) is 11.3 Å². The van der Waals surface area contributed by atoms with Crippen molar-refractivity contribution in [1.29, 1.82) is 0 Å². The second kappa shape index (κ2) is 6.20. The molecular weight excluding hydrogens is 312 g/mol. The minimum atomic E-state index is -3.89. The summed E-state index contributed by atoms with van der Waals surface area (Å²) < 4.78 is 101. The zero-order valence-corrected chi connectivity index (χ0v) is 10.2. The fraction of sp³-hybridized carbons (Fsp3) is 0.600. The van der Waals surface area contributed by atoms with Gasteiger partial charge in [-0.2, -0.15) is 0 Å². The molecule has 0 nitrogen and oxygen atoms in total. The van der Waals surface area contributed by atoms with Crippen LogP contribution in [0.25, 0.3) is 0 Å². The number of aryl methyl sites for hydroxylation is 1. The third-order valence-corrected chi connectivity index (χ3v) is 3.38. The van der Waals surface area contributed by atoms with Crippen molar-refractivity contribution in [2.45, 2.75) is 38.7 Å². The summed E-state index contributed by atoms with van der Waals surface area (Å²) in [6.07, 6.45) is -18.3. The van der Waals surface area contributed by atoms with Crippen molar-refractivity contribution in [3.63, 3.8) is 0 Å². The molecule has 0 unspecified atom stereocenters. The molecule has 0 saturated heterocycles. The van der Waals surface area contributed by atoms with Crippen LogP contribution in [0, 0.1) is 0 Å². The molecule has 1 aromatic heterocycles. The van der Waals surface area contributed by atoms with E-state index in [2.05, 4.69) is 31.9 Å². The average molecular weight is 339 g/mol. The first-order valence-corrected chi connectivity index (χ1v) is 5.52. The van der Waals surface area contributed by atoms with Gasteiger partial charge in [0.15, 0.2) is 0 Å². The number of hydrogen-bond acceptors (Lipinski definition) is 1. The minimum Gasteiger partial charge on any atom is -0.121 e. The highest BCUT2D eigenvalue weighted by Crippen LogP contribution is 2.32. The van der Waals surface area contributed by atoms with Crippen LogP contribution in [0.2, 0.25) is 0 Å². The maximum atomic E-state index is 8.10. The second-order valence-corrected chi connectivity index (χ2v) is 5.61. The van der Waals surface area contributed by atoms with Gasteiger partial charge in [0, 0.05) is 17.8 Å². The molecule has 0 saturated carbocycles. The Labute approximate surface area is 119 Å². The Hall–Kier alpha value is 0.660. The first kappa shape index (κ1) is 3.08. The molecule has 0 spiro atoms. The minimum absolute atomic E-state index is 0.133. The van der Waals surface area contributed by atoms with E-state index in [4.69, 9.17) is 17.8 Å². The van der Waals surface area contributed by atoms with Gasteiger partial charge in [-0.25, -0.2) is 0 Å². The smallest absolute Gasteiger partial charge is 0.0742 e. The molecule has 0 N–H and O–H groups in total. The Bertz CT molecular complexity index is 675. The lowest BCUT2D eigenvalue weighted by atomic mass is 10.1. The van der Waals surface area contributed by atoms with E-state index in [1.54, 1.807) is 0 Å². The zero-order valence-electron chi connectivity index (χ0n) is 19.2. The van der Waals surface area contributed by atoms with E-state index in [0.29, 0.717) is 3.79 Å². The molecule has 74 valence electrons. The molecule has 0 aromatic carbocycles. The Balaban J connectivity index is 3.60. The highest BCUT2D eigenvalue weighted by molar-refractivity contribution is 9.12. The third kappa shape index (κ3) is 4.13. The van der Waals surface area contributed by atoms with E-state index >= 15 is 0 Å². The van der Waals surface area contributed by atoms with Crippen LogP contribution in [0.3, 0.4) is 0 Å². The van der Waals surface area contributed by atoms with Crippen molar-refractivity contribution in [3.05, 3.63) is 19.2 Å². The van der Waals surface area contributed by atoms with Gasteiger partial charge in [-0.3, -0.25) is 0 Å². The Morgan fingerprint density at radius 3 is 2.92 bits per heavy atom. The van der Waals surface area contributed by atoms with Crippen molar-refractivity contribution in [3.8, 4) is 0 Å². The summed E-state index contributed by atoms with van der Waals surface area (Å²) in [6, 6.07) is 1.19. The molecule has 1 rings (SSSR count). The summed E-state index contributed by atoms with van der Waals surface area (Å²) in [5.74, 6) is 0. The third-order valence-electron chi connectivity index (χ3n) is 1.04. The van der Waals surface area contributed by atoms with Crippen LogP contribution in [-0.4, -0.2) is 0 Å². The molecular formula is C10H14Br2S. The van der Waals surface area contributed by atoms with Crippen molar-refractivity contribution in [2.24, 2.45) is 0 Å². The van der Waals surface area contributed by atoms with E-state index in [9.17, 15) is 0 Å². The quantitative estimate of drug-likeness (QED) is 0.674. The van der Waals surface area contributed by atoms with Gasteiger partial charge in [0.25, 0.3) is 0 Å². The largest absolute Gasteiger partial charge is 0.121 e. The van der Waals surface area contributed by atoms with Crippen molar-refractivity contribution in [1.82, 2.24) is 0 Å². The zero-order chi connectivity index (χ0) is 21.1. The van der Waals surface area contributed by atoms with E-state index in [1.165, 1.54) is 6.07 Å². The highest BCUT2D eigenvalue weighted by Gasteiger charge is 2.03. The molecule has 0 aliphatic rings. The van der Waals surface area contributed by atoms with E-state index in [1.807, 2.05) is 0 Å². The van der Waals surface area contributed by atoms with Crippen LogP contribution in [-0.2, 0) is 6.37 Å². The maximum absolute atomic E-state index is 8.10. The van der Waals surface area contributed by atoms with Gasteiger partial charge in [-0.05, 0) is 56.2 Å².